The fourth-order valence-electron chi connectivity index (χ4n) is 0.806. The van der Waals surface area contributed by atoms with Crippen molar-refractivity contribution in [2.24, 2.45) is 5.92 Å². The van der Waals surface area contributed by atoms with Crippen LogP contribution in [-0.4, -0.2) is 23.7 Å². The third-order valence-corrected chi connectivity index (χ3v) is 2.12. The van der Waals surface area contributed by atoms with Crippen molar-refractivity contribution < 1.29 is 9.90 Å². The van der Waals surface area contributed by atoms with Gasteiger partial charge in [0.1, 0.15) is 0 Å². The van der Waals surface area contributed by atoms with E-state index in [-0.39, 0.29) is 24.5 Å². The highest BCUT2D eigenvalue weighted by Gasteiger charge is 2.13. The minimum absolute atomic E-state index is 0.0265. The third-order valence-electron chi connectivity index (χ3n) is 2.12. The molecule has 3 nitrogen and oxygen atoms in total. The number of hydrogen-bond donors (Lipinski definition) is 2. The summed E-state index contributed by atoms with van der Waals surface area (Å²) in [6.07, 6.45) is 1.62. The lowest BCUT2D eigenvalue weighted by Crippen LogP contribution is -2.39. The lowest BCUT2D eigenvalue weighted by Gasteiger charge is -2.16. The molecule has 0 heterocycles. The highest BCUT2D eigenvalue weighted by Crippen LogP contribution is 2.01. The van der Waals surface area contributed by atoms with Crippen molar-refractivity contribution in [3.8, 4) is 0 Å². The molecule has 2 N–H and O–H groups in total. The van der Waals surface area contributed by atoms with Gasteiger partial charge in [0.05, 0.1) is 12.6 Å². The average Bonchev–Trinajstić information content (AvgIpc) is 2.12. The van der Waals surface area contributed by atoms with Crippen molar-refractivity contribution in [2.45, 2.75) is 39.7 Å². The molecule has 3 heteroatoms. The van der Waals surface area contributed by atoms with Gasteiger partial charge in [0.25, 0.3) is 0 Å². The van der Waals surface area contributed by atoms with Gasteiger partial charge in [-0.3, -0.25) is 4.79 Å². The molecule has 12 heavy (non-hydrogen) atoms. The molecule has 2 atom stereocenters. The summed E-state index contributed by atoms with van der Waals surface area (Å²) in [4.78, 5) is 11.3. The van der Waals surface area contributed by atoms with Crippen molar-refractivity contribution in [3.05, 3.63) is 0 Å². The molecule has 0 spiro atoms. The molecule has 1 amide bonds. The van der Waals surface area contributed by atoms with E-state index in [0.717, 1.165) is 12.8 Å². The van der Waals surface area contributed by atoms with Crippen molar-refractivity contribution >= 4 is 5.91 Å². The standard InChI is InChI=1S/C9H19NO2/c1-4-7(3)9(12)10-8(5-2)6-11/h7-8,11H,4-6H2,1-3H3,(H,10,12)/t7?,8-/m1/s1. The zero-order valence-electron chi connectivity index (χ0n) is 8.13. The van der Waals surface area contributed by atoms with Gasteiger partial charge in [-0.25, -0.2) is 0 Å². The molecule has 0 bridgehead atoms. The first kappa shape index (κ1) is 11.4. The first-order valence-corrected chi connectivity index (χ1v) is 4.56. The van der Waals surface area contributed by atoms with Crippen LogP contribution in [0.4, 0.5) is 0 Å². The molecule has 0 fully saturated rings. The van der Waals surface area contributed by atoms with E-state index >= 15 is 0 Å². The van der Waals surface area contributed by atoms with Crippen LogP contribution in [0.25, 0.3) is 0 Å². The summed E-state index contributed by atoms with van der Waals surface area (Å²) in [6, 6.07) is -0.0773. The monoisotopic (exact) mass is 173 g/mol. The Hall–Kier alpha value is -0.570. The Kier molecular flexibility index (Phi) is 5.72. The summed E-state index contributed by atoms with van der Waals surface area (Å²) in [7, 11) is 0. The van der Waals surface area contributed by atoms with Crippen molar-refractivity contribution in [1.29, 1.82) is 0 Å². The molecule has 0 saturated heterocycles. The summed E-state index contributed by atoms with van der Waals surface area (Å²) < 4.78 is 0. The van der Waals surface area contributed by atoms with Gasteiger partial charge in [-0.1, -0.05) is 20.8 Å². The molecule has 0 saturated carbocycles. The van der Waals surface area contributed by atoms with Crippen LogP contribution in [0.2, 0.25) is 0 Å². The van der Waals surface area contributed by atoms with Crippen LogP contribution in [0.15, 0.2) is 0 Å². The zero-order chi connectivity index (χ0) is 9.56. The Labute approximate surface area is 74.2 Å². The second kappa shape index (κ2) is 6.00. The van der Waals surface area contributed by atoms with Gasteiger partial charge in [0.2, 0.25) is 5.91 Å². The molecule has 0 aliphatic heterocycles. The van der Waals surface area contributed by atoms with E-state index in [1.54, 1.807) is 0 Å². The number of carbonyl (C=O) groups is 1. The predicted molar refractivity (Wildman–Crippen MR) is 48.8 cm³/mol. The van der Waals surface area contributed by atoms with Gasteiger partial charge in [0, 0.05) is 5.92 Å². The van der Waals surface area contributed by atoms with E-state index in [4.69, 9.17) is 5.11 Å². The van der Waals surface area contributed by atoms with Crippen molar-refractivity contribution in [2.75, 3.05) is 6.61 Å². The molecule has 0 radical (unpaired) electrons. The van der Waals surface area contributed by atoms with E-state index < -0.39 is 0 Å². The number of rotatable bonds is 5. The maximum Gasteiger partial charge on any atom is 0.223 e. The lowest BCUT2D eigenvalue weighted by atomic mass is 10.1. The van der Waals surface area contributed by atoms with Crippen molar-refractivity contribution in [1.82, 2.24) is 5.32 Å². The minimum Gasteiger partial charge on any atom is -0.394 e. The van der Waals surface area contributed by atoms with E-state index in [0.29, 0.717) is 0 Å². The number of aliphatic hydroxyl groups is 1. The predicted octanol–water partition coefficient (Wildman–Crippen LogP) is 0.920. The van der Waals surface area contributed by atoms with E-state index in [2.05, 4.69) is 5.32 Å². The second-order valence-corrected chi connectivity index (χ2v) is 3.11. The highest BCUT2D eigenvalue weighted by atomic mass is 16.3. The molecule has 72 valence electrons. The second-order valence-electron chi connectivity index (χ2n) is 3.11. The summed E-state index contributed by atoms with van der Waals surface area (Å²) in [5, 5.41) is 11.6. The lowest BCUT2D eigenvalue weighted by molar-refractivity contribution is -0.125. The van der Waals surface area contributed by atoms with Crippen LogP contribution in [0.3, 0.4) is 0 Å². The van der Waals surface area contributed by atoms with Crippen LogP contribution in [-0.2, 0) is 4.79 Å². The number of hydrogen-bond acceptors (Lipinski definition) is 2. The van der Waals surface area contributed by atoms with Crippen LogP contribution >= 0.6 is 0 Å². The fraction of sp³-hybridized carbons (Fsp3) is 0.889. The SMILES string of the molecule is CCC(C)C(=O)N[C@H](CC)CO. The molecular formula is C9H19NO2. The normalized spacial score (nSPS) is 15.3. The highest BCUT2D eigenvalue weighted by molar-refractivity contribution is 5.78. The Morgan fingerprint density at radius 2 is 2.00 bits per heavy atom. The first-order valence-electron chi connectivity index (χ1n) is 4.56. The Bertz CT molecular complexity index is 132. The maximum absolute atomic E-state index is 11.3. The largest absolute Gasteiger partial charge is 0.394 e. The van der Waals surface area contributed by atoms with Crippen molar-refractivity contribution in [3.63, 3.8) is 0 Å². The van der Waals surface area contributed by atoms with Crippen LogP contribution < -0.4 is 5.32 Å². The topological polar surface area (TPSA) is 49.3 Å². The van der Waals surface area contributed by atoms with Gasteiger partial charge >= 0.3 is 0 Å². The smallest absolute Gasteiger partial charge is 0.223 e. The quantitative estimate of drug-likeness (QED) is 0.649. The molecule has 0 aromatic carbocycles. The number of carbonyl (C=O) groups excluding carboxylic acids is 1. The van der Waals surface area contributed by atoms with Crippen LogP contribution in [0.1, 0.15) is 33.6 Å². The molecule has 0 aromatic rings. The summed E-state index contributed by atoms with van der Waals surface area (Å²) in [6.45, 7) is 5.83. The van der Waals surface area contributed by atoms with Crippen LogP contribution in [0.5, 0.6) is 0 Å². The number of amides is 1. The molecular weight excluding hydrogens is 154 g/mol. The Balaban J connectivity index is 3.81. The van der Waals surface area contributed by atoms with E-state index in [1.165, 1.54) is 0 Å². The Morgan fingerprint density at radius 3 is 2.33 bits per heavy atom. The zero-order valence-corrected chi connectivity index (χ0v) is 8.13. The molecule has 0 aromatic heterocycles. The summed E-state index contributed by atoms with van der Waals surface area (Å²) >= 11 is 0. The number of nitrogens with one attached hydrogen (secondary N) is 1. The summed E-state index contributed by atoms with van der Waals surface area (Å²) in [5.74, 6) is 0.0870. The number of aliphatic hydroxyl groups excluding tert-OH is 1. The average molecular weight is 173 g/mol. The molecule has 0 aliphatic rings. The van der Waals surface area contributed by atoms with E-state index in [1.807, 2.05) is 20.8 Å². The van der Waals surface area contributed by atoms with Gasteiger partial charge in [-0.2, -0.15) is 0 Å². The van der Waals surface area contributed by atoms with E-state index in [9.17, 15) is 4.79 Å². The van der Waals surface area contributed by atoms with Gasteiger partial charge in [-0.05, 0) is 12.8 Å². The third kappa shape index (κ3) is 3.72. The van der Waals surface area contributed by atoms with Gasteiger partial charge in [-0.15, -0.1) is 0 Å². The molecule has 1 unspecified atom stereocenters. The minimum atomic E-state index is -0.0773. The summed E-state index contributed by atoms with van der Waals surface area (Å²) in [5.41, 5.74) is 0. The Morgan fingerprint density at radius 1 is 1.42 bits per heavy atom. The first-order chi connectivity index (χ1) is 5.65. The molecule has 0 rings (SSSR count). The maximum atomic E-state index is 11.3. The van der Waals surface area contributed by atoms with Gasteiger partial charge < -0.3 is 10.4 Å². The van der Waals surface area contributed by atoms with Crippen LogP contribution in [0, 0.1) is 5.92 Å². The molecule has 0 aliphatic carbocycles. The fourth-order valence-corrected chi connectivity index (χ4v) is 0.806. The van der Waals surface area contributed by atoms with Gasteiger partial charge in [0.15, 0.2) is 0 Å².